The maximum absolute atomic E-state index is 12.5. The Labute approximate surface area is 183 Å². The van der Waals surface area contributed by atoms with Crippen molar-refractivity contribution in [2.75, 3.05) is 25.3 Å². The Morgan fingerprint density at radius 1 is 0.968 bits per heavy atom. The van der Waals surface area contributed by atoms with Crippen LogP contribution in [0.2, 0.25) is 0 Å². The summed E-state index contributed by atoms with van der Waals surface area (Å²) in [5, 5.41) is 12.2. The molecule has 0 aliphatic rings. The normalized spacial score (nSPS) is 10.6. The molecule has 158 valence electrons. The van der Waals surface area contributed by atoms with Crippen LogP contribution in [0.4, 0.5) is 5.69 Å². The van der Waals surface area contributed by atoms with E-state index in [-0.39, 0.29) is 11.7 Å². The van der Waals surface area contributed by atoms with Crippen LogP contribution in [-0.4, -0.2) is 45.4 Å². The highest BCUT2D eigenvalue weighted by Crippen LogP contribution is 2.27. The molecule has 0 aliphatic carbocycles. The van der Waals surface area contributed by atoms with Gasteiger partial charge in [-0.05, 0) is 48.5 Å². The summed E-state index contributed by atoms with van der Waals surface area (Å²) >= 11 is 1.31. The molecule has 2 aromatic carbocycles. The fourth-order valence-corrected chi connectivity index (χ4v) is 3.70. The van der Waals surface area contributed by atoms with Crippen LogP contribution in [0.25, 0.3) is 11.4 Å². The third-order valence-electron chi connectivity index (χ3n) is 4.47. The third kappa shape index (κ3) is 4.72. The number of benzene rings is 2. The topological polar surface area (TPSA) is 83.2 Å². The minimum Gasteiger partial charge on any atom is -0.497 e. The van der Waals surface area contributed by atoms with Crippen molar-refractivity contribution in [3.63, 3.8) is 0 Å². The second kappa shape index (κ2) is 9.40. The average molecular weight is 436 g/mol. The molecule has 0 radical (unpaired) electrons. The molecule has 0 unspecified atom stereocenters. The van der Waals surface area contributed by atoms with Crippen molar-refractivity contribution in [2.45, 2.75) is 5.16 Å². The molecule has 2 aromatic heterocycles. The summed E-state index contributed by atoms with van der Waals surface area (Å²) in [6.45, 7) is 0. The summed E-state index contributed by atoms with van der Waals surface area (Å²) in [6, 6.07) is 18.6. The van der Waals surface area contributed by atoms with E-state index in [1.165, 1.54) is 11.8 Å². The molecule has 8 nitrogen and oxygen atoms in total. The Kier molecular flexibility index (Phi) is 6.23. The molecule has 0 bridgehead atoms. The first-order valence-corrected chi connectivity index (χ1v) is 10.5. The summed E-state index contributed by atoms with van der Waals surface area (Å²) in [6.07, 6.45) is 3.79. The van der Waals surface area contributed by atoms with E-state index in [1.807, 2.05) is 58.1 Å². The number of aromatic nitrogens is 4. The van der Waals surface area contributed by atoms with Gasteiger partial charge in [0.15, 0.2) is 5.82 Å². The molecule has 0 atom stereocenters. The number of hydrogen-bond donors (Lipinski definition) is 1. The molecule has 0 spiro atoms. The van der Waals surface area contributed by atoms with Crippen LogP contribution >= 0.6 is 11.8 Å². The number of thioether (sulfide) groups is 1. The number of methoxy groups -OCH3 is 2. The van der Waals surface area contributed by atoms with Gasteiger partial charge in [0, 0.05) is 23.6 Å². The van der Waals surface area contributed by atoms with E-state index in [1.54, 1.807) is 38.5 Å². The Bertz CT molecular complexity index is 1160. The highest BCUT2D eigenvalue weighted by Gasteiger charge is 2.17. The summed E-state index contributed by atoms with van der Waals surface area (Å²) < 4.78 is 14.2. The van der Waals surface area contributed by atoms with Crippen LogP contribution < -0.4 is 14.8 Å². The lowest BCUT2D eigenvalue weighted by atomic mass is 10.2. The lowest BCUT2D eigenvalue weighted by Gasteiger charge is -2.12. The fraction of sp³-hybridized carbons (Fsp3) is 0.136. The van der Waals surface area contributed by atoms with Crippen molar-refractivity contribution in [3.8, 4) is 22.9 Å². The van der Waals surface area contributed by atoms with E-state index in [2.05, 4.69) is 15.5 Å². The molecular formula is C22H21N5O3S. The molecule has 31 heavy (non-hydrogen) atoms. The number of anilines is 1. The van der Waals surface area contributed by atoms with E-state index >= 15 is 0 Å². The molecule has 9 heteroatoms. The van der Waals surface area contributed by atoms with E-state index in [9.17, 15) is 4.79 Å². The number of carbonyl (C=O) groups excluding carboxylic acids is 1. The minimum atomic E-state index is -0.139. The van der Waals surface area contributed by atoms with Gasteiger partial charge >= 0.3 is 0 Å². The number of amides is 1. The third-order valence-corrected chi connectivity index (χ3v) is 5.39. The van der Waals surface area contributed by atoms with Crippen LogP contribution in [0.3, 0.4) is 0 Å². The van der Waals surface area contributed by atoms with Gasteiger partial charge < -0.3 is 14.8 Å². The van der Waals surface area contributed by atoms with Crippen LogP contribution in [0.1, 0.15) is 0 Å². The van der Waals surface area contributed by atoms with Gasteiger partial charge in [-0.15, -0.1) is 10.2 Å². The maximum atomic E-state index is 12.5. The van der Waals surface area contributed by atoms with Crippen molar-refractivity contribution in [1.82, 2.24) is 19.5 Å². The van der Waals surface area contributed by atoms with E-state index in [0.29, 0.717) is 16.7 Å². The monoisotopic (exact) mass is 435 g/mol. The lowest BCUT2D eigenvalue weighted by Crippen LogP contribution is -2.15. The molecule has 4 aromatic rings. The average Bonchev–Trinajstić information content (AvgIpc) is 3.48. The van der Waals surface area contributed by atoms with Crippen molar-refractivity contribution in [2.24, 2.45) is 0 Å². The molecule has 1 amide bonds. The highest BCUT2D eigenvalue weighted by atomic mass is 32.2. The standard InChI is InChI=1S/C22H21N5O3S/c1-29-18-10-8-17(9-11-18)23-20(28)15-31-22-25-24-21(27(22)26-12-3-4-13-26)16-6-5-7-19(14-16)30-2/h3-14H,15H2,1-2H3,(H,23,28). The van der Waals surface area contributed by atoms with Gasteiger partial charge in [0.05, 0.1) is 20.0 Å². The number of rotatable bonds is 8. The first-order valence-electron chi connectivity index (χ1n) is 9.48. The van der Waals surface area contributed by atoms with Gasteiger partial charge in [0.25, 0.3) is 0 Å². The number of carbonyl (C=O) groups is 1. The Hall–Kier alpha value is -3.72. The number of nitrogens with zero attached hydrogens (tertiary/aromatic N) is 4. The molecule has 0 fully saturated rings. The van der Waals surface area contributed by atoms with Crippen molar-refractivity contribution < 1.29 is 14.3 Å². The van der Waals surface area contributed by atoms with Gasteiger partial charge in [0.1, 0.15) is 11.5 Å². The zero-order valence-electron chi connectivity index (χ0n) is 17.1. The summed E-state index contributed by atoms with van der Waals surface area (Å²) in [5.41, 5.74) is 1.56. The van der Waals surface area contributed by atoms with Gasteiger partial charge in [-0.25, -0.2) is 4.68 Å². The number of hydrogen-bond acceptors (Lipinski definition) is 6. The van der Waals surface area contributed by atoms with Crippen LogP contribution in [0, 0.1) is 0 Å². The quantitative estimate of drug-likeness (QED) is 0.424. The van der Waals surface area contributed by atoms with Gasteiger partial charge in [-0.3, -0.25) is 9.47 Å². The minimum absolute atomic E-state index is 0.139. The molecule has 4 rings (SSSR count). The van der Waals surface area contributed by atoms with Crippen LogP contribution in [-0.2, 0) is 4.79 Å². The Morgan fingerprint density at radius 3 is 2.42 bits per heavy atom. The van der Waals surface area contributed by atoms with Crippen LogP contribution in [0.5, 0.6) is 11.5 Å². The van der Waals surface area contributed by atoms with Crippen molar-refractivity contribution in [3.05, 3.63) is 73.1 Å². The van der Waals surface area contributed by atoms with Gasteiger partial charge in [-0.1, -0.05) is 23.9 Å². The zero-order chi connectivity index (χ0) is 21.6. The summed E-state index contributed by atoms with van der Waals surface area (Å²) in [7, 11) is 3.23. The molecule has 0 saturated carbocycles. The van der Waals surface area contributed by atoms with E-state index in [4.69, 9.17) is 9.47 Å². The predicted molar refractivity (Wildman–Crippen MR) is 120 cm³/mol. The molecule has 0 aliphatic heterocycles. The first-order chi connectivity index (χ1) is 15.2. The second-order valence-electron chi connectivity index (χ2n) is 6.48. The van der Waals surface area contributed by atoms with Crippen molar-refractivity contribution in [1.29, 1.82) is 0 Å². The SMILES string of the molecule is COc1ccc(NC(=O)CSc2nnc(-c3cccc(OC)c3)n2-n2cccc2)cc1. The Balaban J connectivity index is 1.54. The van der Waals surface area contributed by atoms with Crippen LogP contribution in [0.15, 0.2) is 78.2 Å². The molecular weight excluding hydrogens is 414 g/mol. The maximum Gasteiger partial charge on any atom is 0.234 e. The fourth-order valence-electron chi connectivity index (χ4n) is 2.97. The summed E-state index contributed by atoms with van der Waals surface area (Å²) in [4.78, 5) is 12.5. The zero-order valence-corrected chi connectivity index (χ0v) is 17.9. The van der Waals surface area contributed by atoms with Gasteiger partial charge in [-0.2, -0.15) is 0 Å². The molecule has 2 heterocycles. The number of nitrogens with one attached hydrogen (secondary N) is 1. The molecule has 0 saturated heterocycles. The predicted octanol–water partition coefficient (Wildman–Crippen LogP) is 3.81. The van der Waals surface area contributed by atoms with E-state index in [0.717, 1.165) is 17.1 Å². The largest absolute Gasteiger partial charge is 0.497 e. The number of ether oxygens (including phenoxy) is 2. The first kappa shape index (κ1) is 20.5. The smallest absolute Gasteiger partial charge is 0.234 e. The van der Waals surface area contributed by atoms with Crippen molar-refractivity contribution >= 4 is 23.4 Å². The second-order valence-corrected chi connectivity index (χ2v) is 7.42. The lowest BCUT2D eigenvalue weighted by molar-refractivity contribution is -0.113. The highest BCUT2D eigenvalue weighted by molar-refractivity contribution is 7.99. The van der Waals surface area contributed by atoms with E-state index < -0.39 is 0 Å². The summed E-state index contributed by atoms with van der Waals surface area (Å²) in [5.74, 6) is 2.15. The van der Waals surface area contributed by atoms with Gasteiger partial charge in [0.2, 0.25) is 11.1 Å². The Morgan fingerprint density at radius 2 is 1.71 bits per heavy atom. The molecule has 1 N–H and O–H groups in total.